The molecule has 1 heterocycles. The fourth-order valence-electron chi connectivity index (χ4n) is 1.13. The van der Waals surface area contributed by atoms with Gasteiger partial charge in [-0.2, -0.15) is 5.10 Å². The number of ether oxygens (including phenoxy) is 1. The van der Waals surface area contributed by atoms with Crippen LogP contribution in [0.25, 0.3) is 0 Å². The summed E-state index contributed by atoms with van der Waals surface area (Å²) in [5, 5.41) is 4.17. The number of unbranched alkanes of at least 4 members (excludes halogenated alkanes) is 1. The molecule has 0 spiro atoms. The van der Waals surface area contributed by atoms with Crippen LogP contribution in [0.5, 0.6) is 0 Å². The molecule has 0 atom stereocenters. The molecule has 74 valence electrons. The molecular formula is C10H18N2O. The predicted octanol–water partition coefficient (Wildman–Crippen LogP) is 2.01. The van der Waals surface area contributed by atoms with E-state index in [4.69, 9.17) is 4.74 Å². The molecule has 0 bridgehead atoms. The largest absolute Gasteiger partial charge is 0.380 e. The summed E-state index contributed by atoms with van der Waals surface area (Å²) < 4.78 is 7.41. The number of hydrogen-bond donors (Lipinski definition) is 0. The van der Waals surface area contributed by atoms with E-state index in [1.54, 1.807) is 0 Å². The van der Waals surface area contributed by atoms with E-state index in [1.165, 1.54) is 12.1 Å². The van der Waals surface area contributed by atoms with Gasteiger partial charge in [0.2, 0.25) is 0 Å². The predicted molar refractivity (Wildman–Crippen MR) is 52.7 cm³/mol. The van der Waals surface area contributed by atoms with Crippen LogP contribution >= 0.6 is 0 Å². The molecule has 0 aliphatic carbocycles. The van der Waals surface area contributed by atoms with Gasteiger partial charge < -0.3 is 4.74 Å². The van der Waals surface area contributed by atoms with Gasteiger partial charge in [0.05, 0.1) is 13.2 Å². The van der Waals surface area contributed by atoms with Gasteiger partial charge in [0.25, 0.3) is 0 Å². The number of hydrogen-bond acceptors (Lipinski definition) is 2. The van der Waals surface area contributed by atoms with Crippen molar-refractivity contribution in [1.82, 2.24) is 9.78 Å². The Morgan fingerprint density at radius 1 is 1.46 bits per heavy atom. The zero-order chi connectivity index (χ0) is 9.52. The third kappa shape index (κ3) is 3.59. The van der Waals surface area contributed by atoms with Gasteiger partial charge in [-0.15, -0.1) is 0 Å². The third-order valence-corrected chi connectivity index (χ3v) is 2.02. The summed E-state index contributed by atoms with van der Waals surface area (Å²) in [4.78, 5) is 0. The fraction of sp³-hybridized carbons (Fsp3) is 0.700. The molecule has 0 fully saturated rings. The van der Waals surface area contributed by atoms with E-state index in [-0.39, 0.29) is 0 Å². The molecule has 0 saturated heterocycles. The highest BCUT2D eigenvalue weighted by molar-refractivity contribution is 4.96. The number of aromatic nitrogens is 2. The highest BCUT2D eigenvalue weighted by atomic mass is 16.5. The second-order valence-electron chi connectivity index (χ2n) is 3.16. The maximum Gasteiger partial charge on any atom is 0.0662 e. The van der Waals surface area contributed by atoms with Crippen LogP contribution in [0.4, 0.5) is 0 Å². The Balaban J connectivity index is 2.10. The first-order valence-corrected chi connectivity index (χ1v) is 4.90. The van der Waals surface area contributed by atoms with Crippen LogP contribution in [0.3, 0.4) is 0 Å². The second-order valence-corrected chi connectivity index (χ2v) is 3.16. The molecule has 0 N–H and O–H groups in total. The molecule has 1 aromatic heterocycles. The van der Waals surface area contributed by atoms with Crippen LogP contribution in [-0.4, -0.2) is 23.0 Å². The van der Waals surface area contributed by atoms with Gasteiger partial charge in [-0.1, -0.05) is 13.3 Å². The smallest absolute Gasteiger partial charge is 0.0662 e. The molecule has 0 aromatic carbocycles. The lowest BCUT2D eigenvalue weighted by Gasteiger charge is -2.05. The fourth-order valence-corrected chi connectivity index (χ4v) is 1.13. The Morgan fingerprint density at radius 2 is 2.31 bits per heavy atom. The van der Waals surface area contributed by atoms with Crippen molar-refractivity contribution in [1.29, 1.82) is 0 Å². The summed E-state index contributed by atoms with van der Waals surface area (Å²) in [6.45, 7) is 6.72. The van der Waals surface area contributed by atoms with Crippen molar-refractivity contribution in [2.45, 2.75) is 33.2 Å². The molecule has 0 aliphatic rings. The van der Waals surface area contributed by atoms with E-state index in [1.807, 2.05) is 16.9 Å². The SMILES string of the molecule is CCCCOCCn1nccc1C. The van der Waals surface area contributed by atoms with Crippen LogP contribution in [0.2, 0.25) is 0 Å². The van der Waals surface area contributed by atoms with Gasteiger partial charge in [-0.05, 0) is 19.4 Å². The van der Waals surface area contributed by atoms with Crippen LogP contribution in [-0.2, 0) is 11.3 Å². The first-order chi connectivity index (χ1) is 6.34. The Hall–Kier alpha value is -0.830. The lowest BCUT2D eigenvalue weighted by molar-refractivity contribution is 0.120. The van der Waals surface area contributed by atoms with Gasteiger partial charge in [-0.3, -0.25) is 4.68 Å². The van der Waals surface area contributed by atoms with E-state index < -0.39 is 0 Å². The molecule has 1 aromatic rings. The molecule has 0 aliphatic heterocycles. The van der Waals surface area contributed by atoms with Gasteiger partial charge in [0, 0.05) is 18.5 Å². The van der Waals surface area contributed by atoms with Crippen LogP contribution in [0.15, 0.2) is 12.3 Å². The summed E-state index contributed by atoms with van der Waals surface area (Å²) >= 11 is 0. The zero-order valence-electron chi connectivity index (χ0n) is 8.49. The zero-order valence-corrected chi connectivity index (χ0v) is 8.49. The maximum atomic E-state index is 5.44. The number of nitrogens with zero attached hydrogens (tertiary/aromatic N) is 2. The van der Waals surface area contributed by atoms with E-state index >= 15 is 0 Å². The van der Waals surface area contributed by atoms with Gasteiger partial charge in [-0.25, -0.2) is 0 Å². The first-order valence-electron chi connectivity index (χ1n) is 4.90. The minimum atomic E-state index is 0.766. The summed E-state index contributed by atoms with van der Waals surface area (Å²) in [5.41, 5.74) is 1.19. The highest BCUT2D eigenvalue weighted by Crippen LogP contribution is 1.95. The molecular weight excluding hydrogens is 164 g/mol. The van der Waals surface area contributed by atoms with Crippen LogP contribution in [0, 0.1) is 6.92 Å². The van der Waals surface area contributed by atoms with Crippen molar-refractivity contribution >= 4 is 0 Å². The average molecular weight is 182 g/mol. The molecule has 0 unspecified atom stereocenters. The minimum absolute atomic E-state index is 0.766. The second kappa shape index (κ2) is 5.75. The minimum Gasteiger partial charge on any atom is -0.380 e. The third-order valence-electron chi connectivity index (χ3n) is 2.02. The Labute approximate surface area is 79.7 Å². The molecule has 3 heteroatoms. The van der Waals surface area contributed by atoms with E-state index in [2.05, 4.69) is 18.9 Å². The highest BCUT2D eigenvalue weighted by Gasteiger charge is 1.95. The number of aryl methyl sites for hydroxylation is 1. The lowest BCUT2D eigenvalue weighted by Crippen LogP contribution is -2.09. The van der Waals surface area contributed by atoms with Gasteiger partial charge >= 0.3 is 0 Å². The van der Waals surface area contributed by atoms with E-state index in [0.717, 1.165) is 26.2 Å². The standard InChI is InChI=1S/C10H18N2O/c1-3-4-8-13-9-7-12-10(2)5-6-11-12/h5-6H,3-4,7-9H2,1-2H3. The Morgan fingerprint density at radius 3 is 2.92 bits per heavy atom. The molecule has 0 radical (unpaired) electrons. The normalized spacial score (nSPS) is 10.6. The van der Waals surface area contributed by atoms with Crippen molar-refractivity contribution in [2.24, 2.45) is 0 Å². The van der Waals surface area contributed by atoms with Crippen LogP contribution in [0.1, 0.15) is 25.5 Å². The Kier molecular flexibility index (Phi) is 4.54. The molecule has 13 heavy (non-hydrogen) atoms. The summed E-state index contributed by atoms with van der Waals surface area (Å²) in [6.07, 6.45) is 4.17. The summed E-state index contributed by atoms with van der Waals surface area (Å²) in [5.74, 6) is 0. The molecule has 1 rings (SSSR count). The first kappa shape index (κ1) is 10.3. The van der Waals surface area contributed by atoms with Gasteiger partial charge in [0.15, 0.2) is 0 Å². The van der Waals surface area contributed by atoms with Crippen LogP contribution < -0.4 is 0 Å². The average Bonchev–Trinajstić information content (AvgIpc) is 2.52. The van der Waals surface area contributed by atoms with Crippen molar-refractivity contribution in [3.8, 4) is 0 Å². The number of rotatable bonds is 6. The maximum absolute atomic E-state index is 5.44. The van der Waals surface area contributed by atoms with Crippen molar-refractivity contribution < 1.29 is 4.74 Å². The quantitative estimate of drug-likeness (QED) is 0.629. The van der Waals surface area contributed by atoms with E-state index in [0.29, 0.717) is 0 Å². The topological polar surface area (TPSA) is 27.1 Å². The molecule has 3 nitrogen and oxygen atoms in total. The molecule has 0 saturated carbocycles. The van der Waals surface area contributed by atoms with Crippen molar-refractivity contribution in [3.63, 3.8) is 0 Å². The molecule has 0 amide bonds. The summed E-state index contributed by atoms with van der Waals surface area (Å²) in [6, 6.07) is 2.01. The van der Waals surface area contributed by atoms with Gasteiger partial charge in [0.1, 0.15) is 0 Å². The monoisotopic (exact) mass is 182 g/mol. The van der Waals surface area contributed by atoms with Crippen molar-refractivity contribution in [2.75, 3.05) is 13.2 Å². The Bertz CT molecular complexity index is 233. The lowest BCUT2D eigenvalue weighted by atomic mass is 10.4. The summed E-state index contributed by atoms with van der Waals surface area (Å²) in [7, 11) is 0. The van der Waals surface area contributed by atoms with E-state index in [9.17, 15) is 0 Å². The van der Waals surface area contributed by atoms with Crippen molar-refractivity contribution in [3.05, 3.63) is 18.0 Å².